The van der Waals surface area contributed by atoms with E-state index in [0.29, 0.717) is 5.57 Å². The third-order valence-electron chi connectivity index (χ3n) is 2.37. The van der Waals surface area contributed by atoms with Gasteiger partial charge in [0.05, 0.1) is 6.42 Å². The summed E-state index contributed by atoms with van der Waals surface area (Å²) in [7, 11) is 0. The lowest BCUT2D eigenvalue weighted by atomic mass is 10.2. The summed E-state index contributed by atoms with van der Waals surface area (Å²) < 4.78 is 9.81. The SMILES string of the molecule is CC1=CC(OC(=O)Cc2ccccc2)OC1=O. The Kier molecular flexibility index (Phi) is 3.23. The molecule has 0 saturated carbocycles. The molecule has 1 aliphatic rings. The minimum Gasteiger partial charge on any atom is -0.421 e. The summed E-state index contributed by atoms with van der Waals surface area (Å²) in [5, 5.41) is 0. The van der Waals surface area contributed by atoms with E-state index >= 15 is 0 Å². The van der Waals surface area contributed by atoms with Crippen LogP contribution in [0.25, 0.3) is 0 Å². The van der Waals surface area contributed by atoms with Crippen LogP contribution in [0.15, 0.2) is 42.0 Å². The van der Waals surface area contributed by atoms with E-state index in [1.165, 1.54) is 6.08 Å². The van der Waals surface area contributed by atoms with Crippen LogP contribution < -0.4 is 0 Å². The zero-order chi connectivity index (χ0) is 12.3. The maximum atomic E-state index is 11.5. The summed E-state index contributed by atoms with van der Waals surface area (Å²) in [6, 6.07) is 9.25. The summed E-state index contributed by atoms with van der Waals surface area (Å²) >= 11 is 0. The van der Waals surface area contributed by atoms with E-state index < -0.39 is 18.2 Å². The molecule has 88 valence electrons. The third-order valence-corrected chi connectivity index (χ3v) is 2.37. The predicted molar refractivity (Wildman–Crippen MR) is 59.9 cm³/mol. The van der Waals surface area contributed by atoms with Crippen LogP contribution in [-0.4, -0.2) is 18.2 Å². The van der Waals surface area contributed by atoms with Crippen molar-refractivity contribution in [2.75, 3.05) is 0 Å². The molecule has 1 heterocycles. The van der Waals surface area contributed by atoms with Crippen molar-refractivity contribution >= 4 is 11.9 Å². The van der Waals surface area contributed by atoms with Crippen LogP contribution in [0.3, 0.4) is 0 Å². The van der Waals surface area contributed by atoms with Crippen molar-refractivity contribution < 1.29 is 19.1 Å². The summed E-state index contributed by atoms with van der Waals surface area (Å²) in [5.41, 5.74) is 1.32. The molecular weight excluding hydrogens is 220 g/mol. The van der Waals surface area contributed by atoms with E-state index in [0.717, 1.165) is 5.56 Å². The monoisotopic (exact) mass is 232 g/mol. The number of hydrogen-bond acceptors (Lipinski definition) is 4. The van der Waals surface area contributed by atoms with Crippen LogP contribution in [0.5, 0.6) is 0 Å². The Labute approximate surface area is 98.8 Å². The Morgan fingerprint density at radius 2 is 2.06 bits per heavy atom. The van der Waals surface area contributed by atoms with Gasteiger partial charge in [0.25, 0.3) is 6.29 Å². The molecule has 0 N–H and O–H groups in total. The van der Waals surface area contributed by atoms with Gasteiger partial charge in [-0.3, -0.25) is 4.79 Å². The van der Waals surface area contributed by atoms with Crippen LogP contribution in [0.4, 0.5) is 0 Å². The highest BCUT2D eigenvalue weighted by molar-refractivity contribution is 5.90. The maximum Gasteiger partial charge on any atom is 0.337 e. The lowest BCUT2D eigenvalue weighted by molar-refractivity contribution is -0.172. The molecule has 1 atom stereocenters. The largest absolute Gasteiger partial charge is 0.421 e. The molecule has 1 aliphatic heterocycles. The fraction of sp³-hybridized carbons (Fsp3) is 0.231. The number of ether oxygens (including phenoxy) is 2. The molecule has 0 amide bonds. The molecule has 1 aromatic carbocycles. The zero-order valence-corrected chi connectivity index (χ0v) is 9.38. The molecule has 0 bridgehead atoms. The summed E-state index contributed by atoms with van der Waals surface area (Å²) in [5.74, 6) is -0.859. The van der Waals surface area contributed by atoms with Gasteiger partial charge in [0.2, 0.25) is 0 Å². The first-order valence-corrected chi connectivity index (χ1v) is 5.28. The number of carbonyl (C=O) groups excluding carboxylic acids is 2. The Hall–Kier alpha value is -2.10. The van der Waals surface area contributed by atoms with Crippen molar-refractivity contribution in [3.05, 3.63) is 47.5 Å². The van der Waals surface area contributed by atoms with Gasteiger partial charge in [0.1, 0.15) is 0 Å². The van der Waals surface area contributed by atoms with E-state index in [4.69, 9.17) is 9.47 Å². The lowest BCUT2D eigenvalue weighted by Gasteiger charge is -2.09. The van der Waals surface area contributed by atoms with Gasteiger partial charge in [-0.25, -0.2) is 4.79 Å². The van der Waals surface area contributed by atoms with E-state index in [-0.39, 0.29) is 6.42 Å². The number of cyclic esters (lactones) is 1. The van der Waals surface area contributed by atoms with Crippen LogP contribution in [-0.2, 0) is 25.5 Å². The smallest absolute Gasteiger partial charge is 0.337 e. The summed E-state index contributed by atoms with van der Waals surface area (Å²) in [6.45, 7) is 1.62. The number of rotatable bonds is 3. The van der Waals surface area contributed by atoms with Gasteiger partial charge < -0.3 is 9.47 Å². The van der Waals surface area contributed by atoms with Crippen LogP contribution in [0.1, 0.15) is 12.5 Å². The number of carbonyl (C=O) groups is 2. The van der Waals surface area contributed by atoms with Crippen LogP contribution in [0.2, 0.25) is 0 Å². The Bertz CT molecular complexity index is 462. The molecule has 2 rings (SSSR count). The van der Waals surface area contributed by atoms with E-state index in [1.807, 2.05) is 30.3 Å². The number of hydrogen-bond donors (Lipinski definition) is 0. The second-order valence-corrected chi connectivity index (χ2v) is 3.78. The normalized spacial score (nSPS) is 18.5. The minimum atomic E-state index is -0.876. The standard InChI is InChI=1S/C13H12O4/c1-9-7-12(17-13(9)15)16-11(14)8-10-5-3-2-4-6-10/h2-7,12H,8H2,1H3. The quantitative estimate of drug-likeness (QED) is 0.743. The van der Waals surface area contributed by atoms with E-state index in [9.17, 15) is 9.59 Å². The summed E-state index contributed by atoms with van der Waals surface area (Å²) in [4.78, 5) is 22.6. The van der Waals surface area contributed by atoms with Crippen molar-refractivity contribution in [3.63, 3.8) is 0 Å². The first-order chi connectivity index (χ1) is 8.15. The lowest BCUT2D eigenvalue weighted by Crippen LogP contribution is -2.19. The summed E-state index contributed by atoms with van der Waals surface area (Å²) in [6.07, 6.45) is 0.784. The molecule has 4 nitrogen and oxygen atoms in total. The van der Waals surface area contributed by atoms with Crippen molar-refractivity contribution in [1.82, 2.24) is 0 Å². The molecule has 4 heteroatoms. The highest BCUT2D eigenvalue weighted by Gasteiger charge is 2.25. The molecule has 0 saturated heterocycles. The van der Waals surface area contributed by atoms with Gasteiger partial charge in [-0.15, -0.1) is 0 Å². The van der Waals surface area contributed by atoms with Gasteiger partial charge >= 0.3 is 11.9 Å². The second-order valence-electron chi connectivity index (χ2n) is 3.78. The maximum absolute atomic E-state index is 11.5. The first-order valence-electron chi connectivity index (χ1n) is 5.28. The molecule has 17 heavy (non-hydrogen) atoms. The molecule has 1 aromatic rings. The van der Waals surface area contributed by atoms with Crippen molar-refractivity contribution in [2.45, 2.75) is 19.6 Å². The Balaban J connectivity index is 1.89. The number of esters is 2. The average Bonchev–Trinajstić information content (AvgIpc) is 2.59. The fourth-order valence-corrected chi connectivity index (χ4v) is 1.50. The third kappa shape index (κ3) is 2.93. The minimum absolute atomic E-state index is 0.168. The Morgan fingerprint density at radius 3 is 2.65 bits per heavy atom. The molecule has 0 aliphatic carbocycles. The predicted octanol–water partition coefficient (Wildman–Crippen LogP) is 1.60. The highest BCUT2D eigenvalue weighted by atomic mass is 16.7. The molecule has 0 aromatic heterocycles. The highest BCUT2D eigenvalue weighted by Crippen LogP contribution is 2.14. The molecule has 0 radical (unpaired) electrons. The van der Waals surface area contributed by atoms with Crippen molar-refractivity contribution in [1.29, 1.82) is 0 Å². The van der Waals surface area contributed by atoms with Gasteiger partial charge in [-0.05, 0) is 12.5 Å². The zero-order valence-electron chi connectivity index (χ0n) is 9.38. The topological polar surface area (TPSA) is 52.6 Å². The van der Waals surface area contributed by atoms with Crippen molar-refractivity contribution in [2.24, 2.45) is 0 Å². The van der Waals surface area contributed by atoms with Gasteiger partial charge in [0, 0.05) is 11.6 Å². The average molecular weight is 232 g/mol. The van der Waals surface area contributed by atoms with Gasteiger partial charge in [-0.2, -0.15) is 0 Å². The van der Waals surface area contributed by atoms with Gasteiger partial charge in [-0.1, -0.05) is 30.3 Å². The second kappa shape index (κ2) is 4.82. The molecule has 0 fully saturated rings. The van der Waals surface area contributed by atoms with Crippen LogP contribution in [0, 0.1) is 0 Å². The Morgan fingerprint density at radius 1 is 1.35 bits per heavy atom. The number of benzene rings is 1. The molecule has 1 unspecified atom stereocenters. The molecular formula is C13H12O4. The van der Waals surface area contributed by atoms with Crippen molar-refractivity contribution in [3.8, 4) is 0 Å². The van der Waals surface area contributed by atoms with Crippen LogP contribution >= 0.6 is 0 Å². The van der Waals surface area contributed by atoms with E-state index in [2.05, 4.69) is 0 Å². The first kappa shape index (κ1) is 11.4. The molecule has 0 spiro atoms. The fourth-order valence-electron chi connectivity index (χ4n) is 1.50. The van der Waals surface area contributed by atoms with Gasteiger partial charge in [0.15, 0.2) is 0 Å². The van der Waals surface area contributed by atoms with E-state index in [1.54, 1.807) is 6.92 Å².